The van der Waals surface area contributed by atoms with Crippen LogP contribution >= 0.6 is 34.8 Å². The maximum atomic E-state index is 13.3. The molecule has 242 valence electrons. The Bertz CT molecular complexity index is 1540. The van der Waals surface area contributed by atoms with Crippen LogP contribution in [0.3, 0.4) is 0 Å². The molecule has 0 radical (unpaired) electrons. The third kappa shape index (κ3) is 8.23. The van der Waals surface area contributed by atoms with Crippen LogP contribution in [-0.2, 0) is 15.6 Å². The average molecular weight is 676 g/mol. The van der Waals surface area contributed by atoms with Crippen molar-refractivity contribution in [1.82, 2.24) is 10.7 Å². The van der Waals surface area contributed by atoms with Crippen molar-refractivity contribution in [2.75, 3.05) is 16.9 Å². The summed E-state index contributed by atoms with van der Waals surface area (Å²) >= 11 is 18.8. The smallest absolute Gasteiger partial charge is 0.262 e. The molecular formula is C34H41Cl3N4O4. The highest BCUT2D eigenvalue weighted by atomic mass is 35.5. The largest absolute Gasteiger partial charge is 0.483 e. The van der Waals surface area contributed by atoms with E-state index in [1.807, 2.05) is 6.07 Å². The van der Waals surface area contributed by atoms with Gasteiger partial charge in [-0.1, -0.05) is 94.5 Å². The third-order valence-corrected chi connectivity index (χ3v) is 9.39. The van der Waals surface area contributed by atoms with Crippen LogP contribution in [0.1, 0.15) is 82.3 Å². The van der Waals surface area contributed by atoms with Gasteiger partial charge in [-0.3, -0.25) is 14.6 Å². The second-order valence-electron chi connectivity index (χ2n) is 12.6. The lowest BCUT2D eigenvalue weighted by Crippen LogP contribution is -2.48. The molecule has 2 atom stereocenters. The Morgan fingerprint density at radius 2 is 1.64 bits per heavy atom. The van der Waals surface area contributed by atoms with Crippen LogP contribution < -0.4 is 25.8 Å². The lowest BCUT2D eigenvalue weighted by Gasteiger charge is -2.30. The Hall–Kier alpha value is -3.01. The van der Waals surface area contributed by atoms with Crippen molar-refractivity contribution in [1.29, 1.82) is 0 Å². The summed E-state index contributed by atoms with van der Waals surface area (Å²) in [4.78, 5) is 26.2. The minimum Gasteiger partial charge on any atom is -0.483 e. The highest BCUT2D eigenvalue weighted by Crippen LogP contribution is 2.39. The topological polar surface area (TPSA) is 103 Å². The fraction of sp³-hybridized carbons (Fsp3) is 0.412. The van der Waals surface area contributed by atoms with E-state index in [1.165, 1.54) is 22.7 Å². The summed E-state index contributed by atoms with van der Waals surface area (Å²) in [5.74, 6) is -0.0957. The van der Waals surface area contributed by atoms with Crippen molar-refractivity contribution in [3.63, 3.8) is 0 Å². The summed E-state index contributed by atoms with van der Waals surface area (Å²) in [5, 5.41) is 18.4. The number of anilines is 2. The molecule has 2 amide bonds. The van der Waals surface area contributed by atoms with E-state index in [2.05, 4.69) is 69.7 Å². The predicted octanol–water partition coefficient (Wildman–Crippen LogP) is 7.83. The Kier molecular flexibility index (Phi) is 11.0. The van der Waals surface area contributed by atoms with E-state index in [9.17, 15) is 14.7 Å². The summed E-state index contributed by atoms with van der Waals surface area (Å²) in [5.41, 5.74) is 6.17. The molecule has 0 spiro atoms. The number of ether oxygens (including phenoxy) is 1. The molecule has 0 aromatic heterocycles. The first kappa shape index (κ1) is 34.9. The number of hydrogen-bond donors (Lipinski definition) is 4. The molecule has 4 N–H and O–H groups in total. The van der Waals surface area contributed by atoms with Gasteiger partial charge in [0.2, 0.25) is 0 Å². The van der Waals surface area contributed by atoms with Gasteiger partial charge in [0.25, 0.3) is 11.8 Å². The summed E-state index contributed by atoms with van der Waals surface area (Å²) < 4.78 is 6.06. The van der Waals surface area contributed by atoms with Crippen LogP contribution in [0.2, 0.25) is 15.1 Å². The average Bonchev–Trinajstić information content (AvgIpc) is 3.34. The molecule has 1 heterocycles. The maximum Gasteiger partial charge on any atom is 0.262 e. The quantitative estimate of drug-likeness (QED) is 0.165. The van der Waals surface area contributed by atoms with Crippen molar-refractivity contribution in [3.05, 3.63) is 86.4 Å². The van der Waals surface area contributed by atoms with Gasteiger partial charge in [-0.25, -0.2) is 5.43 Å². The molecule has 3 aromatic rings. The van der Waals surface area contributed by atoms with E-state index in [0.717, 1.165) is 18.4 Å². The van der Waals surface area contributed by atoms with Crippen molar-refractivity contribution < 1.29 is 19.4 Å². The molecule has 11 heteroatoms. The normalized spacial score (nSPS) is 16.9. The highest BCUT2D eigenvalue weighted by molar-refractivity contribution is 6.41. The van der Waals surface area contributed by atoms with Gasteiger partial charge < -0.3 is 20.5 Å². The molecule has 2 unspecified atom stereocenters. The second-order valence-corrected chi connectivity index (χ2v) is 13.8. The fourth-order valence-electron chi connectivity index (χ4n) is 5.04. The zero-order valence-electron chi connectivity index (χ0n) is 26.4. The molecule has 8 nitrogen and oxygen atoms in total. The van der Waals surface area contributed by atoms with Crippen LogP contribution in [0.15, 0.2) is 54.6 Å². The van der Waals surface area contributed by atoms with Crippen LogP contribution in [0.25, 0.3) is 0 Å². The number of carbonyl (C=O) groups is 2. The van der Waals surface area contributed by atoms with Crippen molar-refractivity contribution in [3.8, 4) is 5.75 Å². The SMILES string of the molecule is CCC(C)(C)c1ccc(OCC(=O)Nc2cccc(C(=O)NC3CC(O)NN3c3c(Cl)cc(Cl)cc3Cl)c2)c(C(C)(C)CC)c1. The first-order chi connectivity index (χ1) is 21.1. The monoisotopic (exact) mass is 674 g/mol. The molecule has 1 fully saturated rings. The number of rotatable bonds is 11. The third-order valence-electron chi connectivity index (χ3n) is 8.59. The molecule has 0 aliphatic carbocycles. The number of benzene rings is 3. The second kappa shape index (κ2) is 14.2. The zero-order chi connectivity index (χ0) is 33.1. The molecule has 3 aromatic carbocycles. The van der Waals surface area contributed by atoms with Gasteiger partial charge in [0.05, 0.1) is 15.7 Å². The Labute approximate surface area is 280 Å². The van der Waals surface area contributed by atoms with Crippen LogP contribution in [0.5, 0.6) is 5.75 Å². The molecule has 0 saturated carbocycles. The lowest BCUT2D eigenvalue weighted by atomic mass is 9.76. The molecule has 1 saturated heterocycles. The molecular weight excluding hydrogens is 635 g/mol. The number of carbonyl (C=O) groups excluding carboxylic acids is 2. The van der Waals surface area contributed by atoms with E-state index < -0.39 is 18.3 Å². The highest BCUT2D eigenvalue weighted by Gasteiger charge is 2.35. The first-order valence-electron chi connectivity index (χ1n) is 15.0. The predicted molar refractivity (Wildman–Crippen MR) is 183 cm³/mol. The van der Waals surface area contributed by atoms with Crippen molar-refractivity contribution in [2.45, 2.75) is 84.0 Å². The first-order valence-corrected chi connectivity index (χ1v) is 16.1. The van der Waals surface area contributed by atoms with E-state index in [1.54, 1.807) is 24.3 Å². The van der Waals surface area contributed by atoms with Gasteiger partial charge >= 0.3 is 0 Å². The minimum absolute atomic E-state index is 0.0219. The van der Waals surface area contributed by atoms with Crippen LogP contribution in [0.4, 0.5) is 11.4 Å². The maximum absolute atomic E-state index is 13.3. The number of aliphatic hydroxyl groups excluding tert-OH is 1. The van der Waals surface area contributed by atoms with Gasteiger partial charge in [0.15, 0.2) is 6.61 Å². The standard InChI is InChI=1S/C34H41Cl3N4O4/c1-7-33(3,4)21-12-13-27(24(15-21)34(5,6)8-2)45-19-30(43)38-23-11-9-10-20(14-23)32(44)39-28-18-29(42)40-41(28)31-25(36)16-22(35)17-26(31)37/h9-17,28-29,40,42H,7-8,18-19H2,1-6H3,(H,38,43)(H,39,44). The summed E-state index contributed by atoms with van der Waals surface area (Å²) in [6.07, 6.45) is 0.463. The number of aliphatic hydroxyl groups is 1. The van der Waals surface area contributed by atoms with Gasteiger partial charge in [-0.05, 0) is 65.6 Å². The molecule has 1 aliphatic heterocycles. The minimum atomic E-state index is -0.943. The van der Waals surface area contributed by atoms with E-state index >= 15 is 0 Å². The molecule has 0 bridgehead atoms. The van der Waals surface area contributed by atoms with E-state index in [4.69, 9.17) is 39.5 Å². The van der Waals surface area contributed by atoms with E-state index in [-0.39, 0.29) is 39.8 Å². The summed E-state index contributed by atoms with van der Waals surface area (Å²) in [6.45, 7) is 12.9. The van der Waals surface area contributed by atoms with Crippen LogP contribution in [-0.4, -0.2) is 35.9 Å². The Morgan fingerprint density at radius 3 is 2.29 bits per heavy atom. The number of nitrogens with zero attached hydrogens (tertiary/aromatic N) is 1. The van der Waals surface area contributed by atoms with Gasteiger partial charge in [0, 0.05) is 28.3 Å². The lowest BCUT2D eigenvalue weighted by molar-refractivity contribution is -0.118. The number of nitrogens with one attached hydrogen (secondary N) is 3. The van der Waals surface area contributed by atoms with E-state index in [0.29, 0.717) is 27.7 Å². The fourth-order valence-corrected chi connectivity index (χ4v) is 6.04. The zero-order valence-corrected chi connectivity index (χ0v) is 28.7. The van der Waals surface area contributed by atoms with Gasteiger partial charge in [-0.2, -0.15) is 0 Å². The Morgan fingerprint density at radius 1 is 0.978 bits per heavy atom. The summed E-state index contributed by atoms with van der Waals surface area (Å²) in [7, 11) is 0. The number of hydrazine groups is 1. The number of hydrogen-bond acceptors (Lipinski definition) is 6. The number of halogens is 3. The van der Waals surface area contributed by atoms with Crippen molar-refractivity contribution in [2.24, 2.45) is 0 Å². The van der Waals surface area contributed by atoms with Crippen LogP contribution in [0, 0.1) is 0 Å². The Balaban J connectivity index is 1.44. The van der Waals surface area contributed by atoms with Crippen molar-refractivity contribution >= 4 is 58.0 Å². The number of amides is 2. The summed E-state index contributed by atoms with van der Waals surface area (Å²) in [6, 6.07) is 15.9. The van der Waals surface area contributed by atoms with Gasteiger partial charge in [0.1, 0.15) is 18.1 Å². The molecule has 1 aliphatic rings. The van der Waals surface area contributed by atoms with Gasteiger partial charge in [-0.15, -0.1) is 0 Å². The molecule has 45 heavy (non-hydrogen) atoms. The molecule has 4 rings (SSSR count).